The maximum absolute atomic E-state index is 11.4. The number of anilines is 1. The number of pyridine rings is 1. The molecule has 0 N–H and O–H groups in total. The largest absolute Gasteiger partial charge is 0.367 e. The Morgan fingerprint density at radius 1 is 1.16 bits per heavy atom. The summed E-state index contributed by atoms with van der Waals surface area (Å²) < 4.78 is 0. The molecule has 1 saturated heterocycles. The van der Waals surface area contributed by atoms with Crippen molar-refractivity contribution in [1.82, 2.24) is 9.88 Å². The molecule has 3 rings (SSSR count). The van der Waals surface area contributed by atoms with E-state index < -0.39 is 0 Å². The number of hydrogen-bond acceptors (Lipinski definition) is 4. The molecule has 0 radical (unpaired) electrons. The van der Waals surface area contributed by atoms with E-state index in [1.165, 1.54) is 23.3 Å². The molecule has 1 aliphatic rings. The van der Waals surface area contributed by atoms with Crippen LogP contribution in [0.3, 0.4) is 0 Å². The summed E-state index contributed by atoms with van der Waals surface area (Å²) in [5, 5.41) is 2.29. The number of aromatic nitrogens is 1. The van der Waals surface area contributed by atoms with Gasteiger partial charge >= 0.3 is 0 Å². The number of rotatable bonds is 6. The van der Waals surface area contributed by atoms with Crippen LogP contribution >= 0.6 is 11.3 Å². The molecule has 2 aromatic heterocycles. The van der Waals surface area contributed by atoms with Crippen LogP contribution in [-0.2, 0) is 24.1 Å². The van der Waals surface area contributed by atoms with Gasteiger partial charge in [0.05, 0.1) is 11.9 Å². The zero-order chi connectivity index (χ0) is 17.6. The van der Waals surface area contributed by atoms with Gasteiger partial charge in [-0.15, -0.1) is 11.3 Å². The molecule has 25 heavy (non-hydrogen) atoms. The van der Waals surface area contributed by atoms with Gasteiger partial charge < -0.3 is 9.80 Å². The molecule has 1 amide bonds. The minimum absolute atomic E-state index is 0.170. The lowest BCUT2D eigenvalue weighted by atomic mass is 10.1. The lowest BCUT2D eigenvalue weighted by molar-refractivity contribution is -0.129. The van der Waals surface area contributed by atoms with Crippen LogP contribution in [0.25, 0.3) is 0 Å². The minimum atomic E-state index is 0.170. The summed E-state index contributed by atoms with van der Waals surface area (Å²) in [4.78, 5) is 21.8. The summed E-state index contributed by atoms with van der Waals surface area (Å²) in [5.41, 5.74) is 3.74. The summed E-state index contributed by atoms with van der Waals surface area (Å²) in [6.45, 7) is 7.24. The third kappa shape index (κ3) is 4.82. The van der Waals surface area contributed by atoms with Gasteiger partial charge in [-0.3, -0.25) is 9.78 Å². The topological polar surface area (TPSA) is 36.4 Å². The van der Waals surface area contributed by atoms with Gasteiger partial charge in [0, 0.05) is 43.7 Å². The first kappa shape index (κ1) is 17.9. The highest BCUT2D eigenvalue weighted by Crippen LogP contribution is 2.19. The summed E-state index contributed by atoms with van der Waals surface area (Å²) in [6, 6.07) is 6.66. The smallest absolute Gasteiger partial charge is 0.219 e. The molecule has 0 atom stereocenters. The van der Waals surface area contributed by atoms with Crippen LogP contribution in [0.5, 0.6) is 0 Å². The van der Waals surface area contributed by atoms with Crippen LogP contribution in [0.15, 0.2) is 29.8 Å². The highest BCUT2D eigenvalue weighted by molar-refractivity contribution is 7.10. The van der Waals surface area contributed by atoms with Crippen molar-refractivity contribution < 1.29 is 4.79 Å². The van der Waals surface area contributed by atoms with E-state index >= 15 is 0 Å². The molecule has 4 nitrogen and oxygen atoms in total. The predicted molar refractivity (Wildman–Crippen MR) is 104 cm³/mol. The third-order valence-corrected chi connectivity index (χ3v) is 5.82. The van der Waals surface area contributed by atoms with E-state index in [4.69, 9.17) is 0 Å². The number of piperazine rings is 1. The highest BCUT2D eigenvalue weighted by atomic mass is 32.1. The fourth-order valence-electron chi connectivity index (χ4n) is 3.24. The Morgan fingerprint density at radius 2 is 1.96 bits per heavy atom. The second-order valence-electron chi connectivity index (χ2n) is 6.67. The number of amides is 1. The first-order valence-electron chi connectivity index (χ1n) is 9.17. The van der Waals surface area contributed by atoms with E-state index in [0.717, 1.165) is 50.4 Å². The monoisotopic (exact) mass is 357 g/mol. The van der Waals surface area contributed by atoms with E-state index in [9.17, 15) is 4.79 Å². The summed E-state index contributed by atoms with van der Waals surface area (Å²) >= 11 is 1.88. The Labute approximate surface area is 154 Å². The van der Waals surface area contributed by atoms with E-state index in [2.05, 4.69) is 40.4 Å². The van der Waals surface area contributed by atoms with Crippen LogP contribution in [0, 0.1) is 0 Å². The Bertz CT molecular complexity index is 687. The standard InChI is InChI=1S/C20H27N3OS/c1-3-4-20-13-17(15-25-20)5-6-18-7-8-19(14-21-18)23-11-9-22(10-12-23)16(2)24/h7-8,13-15H,3-6,9-12H2,1-2H3. The van der Waals surface area contributed by atoms with Gasteiger partial charge in [-0.25, -0.2) is 0 Å². The lowest BCUT2D eigenvalue weighted by Crippen LogP contribution is -2.48. The van der Waals surface area contributed by atoms with E-state index in [0.29, 0.717) is 0 Å². The Hall–Kier alpha value is -1.88. The Morgan fingerprint density at radius 3 is 2.60 bits per heavy atom. The average molecular weight is 358 g/mol. The summed E-state index contributed by atoms with van der Waals surface area (Å²) in [5.74, 6) is 0.170. The summed E-state index contributed by atoms with van der Waals surface area (Å²) in [7, 11) is 0. The predicted octanol–water partition coefficient (Wildman–Crippen LogP) is 3.55. The molecule has 1 aliphatic heterocycles. The molecule has 0 bridgehead atoms. The van der Waals surface area contributed by atoms with E-state index in [-0.39, 0.29) is 5.91 Å². The molecule has 0 spiro atoms. The quantitative estimate of drug-likeness (QED) is 0.793. The lowest BCUT2D eigenvalue weighted by Gasteiger charge is -2.35. The second-order valence-corrected chi connectivity index (χ2v) is 7.67. The van der Waals surface area contributed by atoms with Crippen molar-refractivity contribution in [2.75, 3.05) is 31.1 Å². The number of carbonyl (C=O) groups excluding carboxylic acids is 1. The van der Waals surface area contributed by atoms with Crippen molar-refractivity contribution >= 4 is 22.9 Å². The molecule has 5 heteroatoms. The zero-order valence-electron chi connectivity index (χ0n) is 15.2. The molecule has 3 heterocycles. The van der Waals surface area contributed by atoms with Gasteiger partial charge in [0.25, 0.3) is 0 Å². The van der Waals surface area contributed by atoms with Gasteiger partial charge in [-0.1, -0.05) is 13.3 Å². The van der Waals surface area contributed by atoms with Gasteiger partial charge in [0.2, 0.25) is 5.91 Å². The number of carbonyl (C=O) groups is 1. The minimum Gasteiger partial charge on any atom is -0.367 e. The van der Waals surface area contributed by atoms with Crippen molar-refractivity contribution in [2.24, 2.45) is 0 Å². The normalized spacial score (nSPS) is 14.8. The van der Waals surface area contributed by atoms with Crippen molar-refractivity contribution in [2.45, 2.75) is 39.5 Å². The van der Waals surface area contributed by atoms with E-state index in [1.807, 2.05) is 22.4 Å². The van der Waals surface area contributed by atoms with Crippen molar-refractivity contribution in [3.8, 4) is 0 Å². The second kappa shape index (κ2) is 8.48. The first-order valence-corrected chi connectivity index (χ1v) is 10.1. The Kier molecular flexibility index (Phi) is 6.08. The van der Waals surface area contributed by atoms with Crippen LogP contribution in [-0.4, -0.2) is 42.0 Å². The number of thiophene rings is 1. The van der Waals surface area contributed by atoms with Crippen LogP contribution in [0.1, 0.15) is 36.4 Å². The maximum atomic E-state index is 11.4. The van der Waals surface area contributed by atoms with Crippen LogP contribution < -0.4 is 4.90 Å². The van der Waals surface area contributed by atoms with E-state index in [1.54, 1.807) is 6.92 Å². The number of aryl methyl sites for hydroxylation is 3. The van der Waals surface area contributed by atoms with Crippen LogP contribution in [0.4, 0.5) is 5.69 Å². The van der Waals surface area contributed by atoms with Crippen molar-refractivity contribution in [3.05, 3.63) is 45.9 Å². The van der Waals surface area contributed by atoms with Gasteiger partial charge in [0.15, 0.2) is 0 Å². The Balaban J connectivity index is 1.51. The molecule has 1 fully saturated rings. The highest BCUT2D eigenvalue weighted by Gasteiger charge is 2.18. The molecule has 134 valence electrons. The number of nitrogens with zero attached hydrogens (tertiary/aromatic N) is 3. The first-order chi connectivity index (χ1) is 12.2. The molecular formula is C20H27N3OS. The molecule has 0 aliphatic carbocycles. The average Bonchev–Trinajstić information content (AvgIpc) is 3.08. The third-order valence-electron chi connectivity index (χ3n) is 4.77. The van der Waals surface area contributed by atoms with Crippen molar-refractivity contribution in [3.63, 3.8) is 0 Å². The fourth-order valence-corrected chi connectivity index (χ4v) is 4.27. The molecule has 2 aromatic rings. The fraction of sp³-hybridized carbons (Fsp3) is 0.500. The number of hydrogen-bond donors (Lipinski definition) is 0. The zero-order valence-corrected chi connectivity index (χ0v) is 16.0. The summed E-state index contributed by atoms with van der Waals surface area (Å²) in [6.07, 6.45) is 6.43. The van der Waals surface area contributed by atoms with Gasteiger partial charge in [-0.05, 0) is 48.4 Å². The van der Waals surface area contributed by atoms with Gasteiger partial charge in [0.1, 0.15) is 0 Å². The maximum Gasteiger partial charge on any atom is 0.219 e. The SMILES string of the molecule is CCCc1cc(CCc2ccc(N3CCN(C(C)=O)CC3)cn2)cs1. The molecule has 0 saturated carbocycles. The molecule has 0 unspecified atom stereocenters. The van der Waals surface area contributed by atoms with Crippen molar-refractivity contribution in [1.29, 1.82) is 0 Å². The molecular weight excluding hydrogens is 330 g/mol. The van der Waals surface area contributed by atoms with Crippen LogP contribution in [0.2, 0.25) is 0 Å². The van der Waals surface area contributed by atoms with Gasteiger partial charge in [-0.2, -0.15) is 0 Å². The molecule has 0 aromatic carbocycles.